The Balaban J connectivity index is 1.82. The number of aromatic nitrogens is 1. The lowest BCUT2D eigenvalue weighted by molar-refractivity contribution is -0.135. The Morgan fingerprint density at radius 2 is 1.94 bits per heavy atom. The summed E-state index contributed by atoms with van der Waals surface area (Å²) in [4.78, 5) is 36.3. The highest BCUT2D eigenvalue weighted by Gasteiger charge is 2.44. The van der Waals surface area contributed by atoms with Crippen molar-refractivity contribution in [1.29, 1.82) is 5.26 Å². The van der Waals surface area contributed by atoms with Crippen LogP contribution in [-0.4, -0.2) is 69.7 Å². The fourth-order valence-corrected chi connectivity index (χ4v) is 4.87. The molecule has 0 bridgehead atoms. The van der Waals surface area contributed by atoms with Crippen LogP contribution in [0.5, 0.6) is 0 Å². The second-order valence-electron chi connectivity index (χ2n) is 10.5. The number of benzene rings is 1. The van der Waals surface area contributed by atoms with Crippen LogP contribution in [0.3, 0.4) is 0 Å². The molecule has 0 saturated carbocycles. The second kappa shape index (κ2) is 10.2. The van der Waals surface area contributed by atoms with Gasteiger partial charge in [0.15, 0.2) is 6.19 Å². The summed E-state index contributed by atoms with van der Waals surface area (Å²) in [6.07, 6.45) is 3.54. The largest absolute Gasteiger partial charge is 0.388 e. The van der Waals surface area contributed by atoms with E-state index in [1.165, 1.54) is 20.9 Å². The smallest absolute Gasteiger partial charge is 0.251 e. The van der Waals surface area contributed by atoms with Crippen LogP contribution in [-0.2, 0) is 15.0 Å². The van der Waals surface area contributed by atoms with Gasteiger partial charge in [-0.1, -0.05) is 39.0 Å². The molecule has 1 aromatic heterocycles. The Bertz CT molecular complexity index is 1120. The van der Waals surface area contributed by atoms with Crippen LogP contribution in [0.4, 0.5) is 10.1 Å². The Labute approximate surface area is 210 Å². The zero-order valence-corrected chi connectivity index (χ0v) is 20.8. The van der Waals surface area contributed by atoms with Crippen LogP contribution in [0.25, 0.3) is 0 Å². The maximum atomic E-state index is 14.2. The molecule has 4 atom stereocenters. The van der Waals surface area contributed by atoms with Gasteiger partial charge in [-0.05, 0) is 42.0 Å². The predicted molar refractivity (Wildman–Crippen MR) is 132 cm³/mol. The summed E-state index contributed by atoms with van der Waals surface area (Å²) in [5, 5.41) is 19.6. The van der Waals surface area contributed by atoms with E-state index in [2.05, 4.69) is 31.9 Å². The molecule has 0 aliphatic carbocycles. The van der Waals surface area contributed by atoms with Crippen molar-refractivity contribution in [3.05, 3.63) is 59.9 Å². The number of hydrogen-bond acceptors (Lipinski definition) is 6. The van der Waals surface area contributed by atoms with Gasteiger partial charge in [0.25, 0.3) is 11.8 Å². The number of alkyl halides is 1. The first-order valence-electron chi connectivity index (χ1n) is 12.2. The number of carbonyl (C=O) groups excluding carboxylic acids is 2. The Morgan fingerprint density at radius 3 is 2.50 bits per heavy atom. The normalized spacial score (nSPS) is 22.8. The van der Waals surface area contributed by atoms with Gasteiger partial charge in [0.2, 0.25) is 0 Å². The van der Waals surface area contributed by atoms with E-state index < -0.39 is 30.3 Å². The van der Waals surface area contributed by atoms with Crippen molar-refractivity contribution in [2.75, 3.05) is 24.5 Å². The zero-order chi connectivity index (χ0) is 26.0. The van der Waals surface area contributed by atoms with E-state index >= 15 is 0 Å². The van der Waals surface area contributed by atoms with Gasteiger partial charge in [0, 0.05) is 36.7 Å². The first kappa shape index (κ1) is 25.6. The molecular formula is C27H32FN5O3. The van der Waals surface area contributed by atoms with E-state index in [0.717, 1.165) is 5.56 Å². The average Bonchev–Trinajstić information content (AvgIpc) is 3.48. The molecule has 2 aliphatic heterocycles. The lowest BCUT2D eigenvalue weighted by Gasteiger charge is -2.36. The van der Waals surface area contributed by atoms with Crippen molar-refractivity contribution in [1.82, 2.24) is 14.8 Å². The third-order valence-electron chi connectivity index (χ3n) is 6.94. The van der Waals surface area contributed by atoms with Crippen molar-refractivity contribution in [3.8, 4) is 6.19 Å². The molecule has 1 N–H and O–H groups in total. The quantitative estimate of drug-likeness (QED) is 0.643. The number of nitrogens with zero attached hydrogens (tertiary/aromatic N) is 5. The topological polar surface area (TPSA) is 101 Å². The molecule has 0 spiro atoms. The molecule has 2 saturated heterocycles. The summed E-state index contributed by atoms with van der Waals surface area (Å²) >= 11 is 0. The standard InChI is InChI=1S/C27H32FN5O3/c1-27(2,3)19-8-10-20(11-9-19)33(25(35)22-7-5-13-31(22)17-29)24(18-6-4-12-30-14-18)26(36)32-15-21(28)23(34)16-32/h4,6,8-12,14,21-24,34H,5,7,13,15-16H2,1-3H3/t21-,22+,23-,24?/m0/s1. The van der Waals surface area contributed by atoms with Gasteiger partial charge in [0.1, 0.15) is 24.4 Å². The molecule has 2 amide bonds. The fourth-order valence-electron chi connectivity index (χ4n) is 4.87. The molecular weight excluding hydrogens is 461 g/mol. The van der Waals surface area contributed by atoms with Crippen LogP contribution in [0.1, 0.15) is 50.8 Å². The molecule has 9 heteroatoms. The van der Waals surface area contributed by atoms with Gasteiger partial charge in [0.05, 0.1) is 6.54 Å². The first-order chi connectivity index (χ1) is 17.1. The summed E-state index contributed by atoms with van der Waals surface area (Å²) in [5.74, 6) is -0.881. The lowest BCUT2D eigenvalue weighted by Crippen LogP contribution is -2.50. The molecule has 2 aliphatic rings. The van der Waals surface area contributed by atoms with Crippen molar-refractivity contribution >= 4 is 17.5 Å². The first-order valence-corrected chi connectivity index (χ1v) is 12.2. The van der Waals surface area contributed by atoms with E-state index in [-0.39, 0.29) is 24.4 Å². The van der Waals surface area contributed by atoms with E-state index in [0.29, 0.717) is 30.6 Å². The molecule has 8 nitrogen and oxygen atoms in total. The van der Waals surface area contributed by atoms with Crippen molar-refractivity contribution < 1.29 is 19.1 Å². The van der Waals surface area contributed by atoms with Crippen LogP contribution in [0.2, 0.25) is 0 Å². The number of halogens is 1. The molecule has 36 heavy (non-hydrogen) atoms. The SMILES string of the molecule is CC(C)(C)c1ccc(N(C(=O)[C@H]2CCCN2C#N)C(C(=O)N2C[C@H](O)[C@@H](F)C2)c2cccnc2)cc1. The summed E-state index contributed by atoms with van der Waals surface area (Å²) in [6.45, 7) is 6.31. The van der Waals surface area contributed by atoms with Crippen LogP contribution in [0, 0.1) is 11.5 Å². The minimum Gasteiger partial charge on any atom is -0.388 e. The van der Waals surface area contributed by atoms with E-state index in [1.807, 2.05) is 12.1 Å². The number of hydrogen-bond donors (Lipinski definition) is 1. The highest BCUT2D eigenvalue weighted by atomic mass is 19.1. The van der Waals surface area contributed by atoms with Gasteiger partial charge in [-0.25, -0.2) is 4.39 Å². The predicted octanol–water partition coefficient (Wildman–Crippen LogP) is 2.94. The summed E-state index contributed by atoms with van der Waals surface area (Å²) in [6, 6.07) is 9.00. The summed E-state index contributed by atoms with van der Waals surface area (Å²) < 4.78 is 14.2. The Kier molecular flexibility index (Phi) is 7.27. The van der Waals surface area contributed by atoms with Gasteiger partial charge >= 0.3 is 0 Å². The van der Waals surface area contributed by atoms with Crippen LogP contribution >= 0.6 is 0 Å². The highest BCUT2D eigenvalue weighted by molar-refractivity contribution is 6.04. The van der Waals surface area contributed by atoms with E-state index in [1.54, 1.807) is 30.5 Å². The Morgan fingerprint density at radius 1 is 1.22 bits per heavy atom. The maximum absolute atomic E-state index is 14.2. The molecule has 1 unspecified atom stereocenters. The highest BCUT2D eigenvalue weighted by Crippen LogP contribution is 2.34. The second-order valence-corrected chi connectivity index (χ2v) is 10.5. The number of β-amino-alcohol motifs (C(OH)–C–C–N with tert-alkyl or cyclic N) is 1. The molecule has 2 aromatic rings. The average molecular weight is 494 g/mol. The molecule has 190 valence electrons. The lowest BCUT2D eigenvalue weighted by atomic mass is 9.87. The van der Waals surface area contributed by atoms with Crippen molar-refractivity contribution in [3.63, 3.8) is 0 Å². The molecule has 1 aromatic carbocycles. The number of amides is 2. The third-order valence-corrected chi connectivity index (χ3v) is 6.94. The minimum atomic E-state index is -1.55. The van der Waals surface area contributed by atoms with Gasteiger partial charge in [-0.3, -0.25) is 24.4 Å². The molecule has 2 fully saturated rings. The Hall–Kier alpha value is -3.51. The number of aliphatic hydroxyl groups is 1. The summed E-state index contributed by atoms with van der Waals surface area (Å²) in [7, 11) is 0. The number of likely N-dealkylation sites (tertiary alicyclic amines) is 2. The van der Waals surface area contributed by atoms with Crippen LogP contribution < -0.4 is 4.90 Å². The molecule has 0 radical (unpaired) electrons. The van der Waals surface area contributed by atoms with Crippen LogP contribution in [0.15, 0.2) is 48.8 Å². The third kappa shape index (κ3) is 5.05. The van der Waals surface area contributed by atoms with E-state index in [9.17, 15) is 24.3 Å². The monoisotopic (exact) mass is 493 g/mol. The van der Waals surface area contributed by atoms with Crippen molar-refractivity contribution in [2.45, 2.75) is 63.4 Å². The maximum Gasteiger partial charge on any atom is 0.251 e. The minimum absolute atomic E-state index is 0.114. The number of carbonyl (C=O) groups is 2. The summed E-state index contributed by atoms with van der Waals surface area (Å²) in [5.41, 5.74) is 1.91. The molecule has 4 rings (SSSR count). The van der Waals surface area contributed by atoms with Gasteiger partial charge < -0.3 is 10.0 Å². The fraction of sp³-hybridized carbons (Fsp3) is 0.481. The number of nitriles is 1. The number of rotatable bonds is 5. The van der Waals surface area contributed by atoms with Gasteiger partial charge in [-0.15, -0.1) is 0 Å². The number of anilines is 1. The van der Waals surface area contributed by atoms with Gasteiger partial charge in [-0.2, -0.15) is 5.26 Å². The van der Waals surface area contributed by atoms with E-state index in [4.69, 9.17) is 0 Å². The number of pyridine rings is 1. The zero-order valence-electron chi connectivity index (χ0n) is 20.8. The van der Waals surface area contributed by atoms with Crippen molar-refractivity contribution in [2.24, 2.45) is 0 Å². The number of aliphatic hydroxyl groups excluding tert-OH is 1. The molecule has 3 heterocycles.